The van der Waals surface area contributed by atoms with Crippen molar-refractivity contribution in [3.8, 4) is 0 Å². The summed E-state index contributed by atoms with van der Waals surface area (Å²) in [4.78, 5) is -0.0386. The summed E-state index contributed by atoms with van der Waals surface area (Å²) in [5.74, 6) is -0.589. The monoisotopic (exact) mass is 303 g/mol. The molecule has 2 rings (SSSR count). The van der Waals surface area contributed by atoms with Gasteiger partial charge in [-0.2, -0.15) is 4.31 Å². The Hall–Kier alpha value is -1.02. The van der Waals surface area contributed by atoms with Crippen molar-refractivity contribution in [3.05, 3.63) is 29.6 Å². The van der Waals surface area contributed by atoms with E-state index in [1.165, 1.54) is 16.4 Å². The molecule has 1 aliphatic rings. The van der Waals surface area contributed by atoms with Gasteiger partial charge in [-0.1, -0.05) is 6.07 Å². The minimum absolute atomic E-state index is 0.0386. The first-order valence-corrected chi connectivity index (χ1v) is 7.81. The molecular weight excluding hydrogens is 285 g/mol. The number of sulfonamides is 1. The molecule has 1 fully saturated rings. The van der Waals surface area contributed by atoms with Gasteiger partial charge in [0.2, 0.25) is 10.0 Å². The Morgan fingerprint density at radius 1 is 1.45 bits per heavy atom. The molecule has 1 aromatic carbocycles. The van der Waals surface area contributed by atoms with Crippen molar-refractivity contribution in [2.24, 2.45) is 0 Å². The molecular formula is C13H18FNO4S. The maximum atomic E-state index is 13.3. The number of hydrogen-bond acceptors (Lipinski definition) is 4. The lowest BCUT2D eigenvalue weighted by molar-refractivity contribution is -0.0750. The standard InChI is InChI=1S/C13H18FNO4S/c1-9-3-4-11(14)5-13(9)20(17,18)15-6-10(2)19-12(7-15)8-16/h3-5,10,12,16H,6-8H2,1-2H3. The van der Waals surface area contributed by atoms with E-state index in [1.807, 2.05) is 0 Å². The number of nitrogens with zero attached hydrogens (tertiary/aromatic N) is 1. The van der Waals surface area contributed by atoms with E-state index >= 15 is 0 Å². The fourth-order valence-corrected chi connectivity index (χ4v) is 4.07. The molecule has 20 heavy (non-hydrogen) atoms. The van der Waals surface area contributed by atoms with Gasteiger partial charge in [0, 0.05) is 13.1 Å². The number of halogens is 1. The van der Waals surface area contributed by atoms with Crippen LogP contribution in [-0.2, 0) is 14.8 Å². The predicted octanol–water partition coefficient (Wildman–Crippen LogP) is 0.904. The zero-order valence-corrected chi connectivity index (χ0v) is 12.2. The lowest BCUT2D eigenvalue weighted by Gasteiger charge is -2.35. The highest BCUT2D eigenvalue weighted by Gasteiger charge is 2.34. The molecule has 1 aromatic rings. The molecule has 5 nitrogen and oxygen atoms in total. The van der Waals surface area contributed by atoms with Crippen molar-refractivity contribution in [2.75, 3.05) is 19.7 Å². The van der Waals surface area contributed by atoms with E-state index in [1.54, 1.807) is 13.8 Å². The number of aliphatic hydroxyl groups excluding tert-OH is 1. The number of hydrogen-bond donors (Lipinski definition) is 1. The third-order valence-electron chi connectivity index (χ3n) is 3.26. The SMILES string of the molecule is Cc1ccc(F)cc1S(=O)(=O)N1CC(C)OC(CO)C1. The average Bonchev–Trinajstić information content (AvgIpc) is 2.40. The highest BCUT2D eigenvalue weighted by molar-refractivity contribution is 7.89. The van der Waals surface area contributed by atoms with Gasteiger partial charge in [-0.05, 0) is 31.5 Å². The quantitative estimate of drug-likeness (QED) is 0.901. The lowest BCUT2D eigenvalue weighted by atomic mass is 10.2. The van der Waals surface area contributed by atoms with Crippen LogP contribution >= 0.6 is 0 Å². The summed E-state index contributed by atoms with van der Waals surface area (Å²) < 4.78 is 45.2. The van der Waals surface area contributed by atoms with Crippen LogP contribution in [0.1, 0.15) is 12.5 Å². The Balaban J connectivity index is 2.36. The summed E-state index contributed by atoms with van der Waals surface area (Å²) in [5, 5.41) is 9.16. The first kappa shape index (κ1) is 15.4. The second-order valence-electron chi connectivity index (χ2n) is 4.98. The van der Waals surface area contributed by atoms with Gasteiger partial charge in [-0.25, -0.2) is 12.8 Å². The van der Waals surface area contributed by atoms with Gasteiger partial charge < -0.3 is 9.84 Å². The van der Waals surface area contributed by atoms with Crippen LogP contribution in [0, 0.1) is 12.7 Å². The van der Waals surface area contributed by atoms with Gasteiger partial charge in [-0.15, -0.1) is 0 Å². The van der Waals surface area contributed by atoms with Crippen LogP contribution in [0.2, 0.25) is 0 Å². The molecule has 2 atom stereocenters. The van der Waals surface area contributed by atoms with E-state index in [0.29, 0.717) is 5.56 Å². The maximum Gasteiger partial charge on any atom is 0.243 e. The molecule has 1 N–H and O–H groups in total. The summed E-state index contributed by atoms with van der Waals surface area (Å²) in [6.07, 6.45) is -0.869. The maximum absolute atomic E-state index is 13.3. The largest absolute Gasteiger partial charge is 0.394 e. The van der Waals surface area contributed by atoms with E-state index < -0.39 is 21.9 Å². The molecule has 0 aromatic heterocycles. The zero-order chi connectivity index (χ0) is 14.9. The Morgan fingerprint density at radius 3 is 2.80 bits per heavy atom. The zero-order valence-electron chi connectivity index (χ0n) is 11.4. The van der Waals surface area contributed by atoms with Gasteiger partial charge in [0.25, 0.3) is 0 Å². The smallest absolute Gasteiger partial charge is 0.243 e. The molecule has 1 saturated heterocycles. The van der Waals surface area contributed by atoms with E-state index in [9.17, 15) is 12.8 Å². The molecule has 0 bridgehead atoms. The van der Waals surface area contributed by atoms with Gasteiger partial charge in [0.05, 0.1) is 23.7 Å². The van der Waals surface area contributed by atoms with E-state index in [4.69, 9.17) is 9.84 Å². The van der Waals surface area contributed by atoms with Crippen LogP contribution in [0.25, 0.3) is 0 Å². The lowest BCUT2D eigenvalue weighted by Crippen LogP contribution is -2.50. The summed E-state index contributed by atoms with van der Waals surface area (Å²) in [6, 6.07) is 3.70. The van der Waals surface area contributed by atoms with Crippen molar-refractivity contribution in [1.82, 2.24) is 4.31 Å². The van der Waals surface area contributed by atoms with Crippen LogP contribution in [0.15, 0.2) is 23.1 Å². The Bertz CT molecular complexity index is 590. The van der Waals surface area contributed by atoms with Crippen LogP contribution < -0.4 is 0 Å². The third-order valence-corrected chi connectivity index (χ3v) is 5.24. The molecule has 0 aliphatic carbocycles. The molecule has 1 aliphatic heterocycles. The molecule has 0 spiro atoms. The Kier molecular flexibility index (Phi) is 4.43. The second kappa shape index (κ2) is 5.77. The van der Waals surface area contributed by atoms with Gasteiger partial charge in [0.1, 0.15) is 5.82 Å². The van der Waals surface area contributed by atoms with Crippen molar-refractivity contribution in [2.45, 2.75) is 31.0 Å². The number of aliphatic hydroxyl groups is 1. The number of morpholine rings is 1. The topological polar surface area (TPSA) is 66.8 Å². The fourth-order valence-electron chi connectivity index (χ4n) is 2.29. The molecule has 0 saturated carbocycles. The minimum Gasteiger partial charge on any atom is -0.394 e. The number of benzene rings is 1. The predicted molar refractivity (Wildman–Crippen MR) is 71.3 cm³/mol. The molecule has 7 heteroatoms. The van der Waals surface area contributed by atoms with E-state index in [0.717, 1.165) is 6.07 Å². The minimum atomic E-state index is -3.79. The van der Waals surface area contributed by atoms with Crippen molar-refractivity contribution >= 4 is 10.0 Å². The average molecular weight is 303 g/mol. The number of ether oxygens (including phenoxy) is 1. The van der Waals surface area contributed by atoms with Crippen molar-refractivity contribution in [3.63, 3.8) is 0 Å². The first-order valence-electron chi connectivity index (χ1n) is 6.37. The van der Waals surface area contributed by atoms with Gasteiger partial charge in [-0.3, -0.25) is 0 Å². The molecule has 2 unspecified atom stereocenters. The highest BCUT2D eigenvalue weighted by Crippen LogP contribution is 2.24. The molecule has 112 valence electrons. The normalized spacial score (nSPS) is 24.8. The second-order valence-corrected chi connectivity index (χ2v) is 6.89. The molecule has 0 radical (unpaired) electrons. The van der Waals surface area contributed by atoms with Crippen molar-refractivity contribution in [1.29, 1.82) is 0 Å². The summed E-state index contributed by atoms with van der Waals surface area (Å²) in [6.45, 7) is 3.37. The summed E-state index contributed by atoms with van der Waals surface area (Å²) in [7, 11) is -3.79. The Labute approximate surface area is 118 Å². The summed E-state index contributed by atoms with van der Waals surface area (Å²) >= 11 is 0. The van der Waals surface area contributed by atoms with Crippen LogP contribution in [0.5, 0.6) is 0 Å². The Morgan fingerprint density at radius 2 is 2.15 bits per heavy atom. The van der Waals surface area contributed by atoms with Crippen LogP contribution in [0.3, 0.4) is 0 Å². The fraction of sp³-hybridized carbons (Fsp3) is 0.538. The number of aryl methyl sites for hydroxylation is 1. The van der Waals surface area contributed by atoms with Crippen molar-refractivity contribution < 1.29 is 22.7 Å². The summed E-state index contributed by atoms with van der Waals surface area (Å²) in [5.41, 5.74) is 0.492. The number of rotatable bonds is 3. The molecule has 1 heterocycles. The van der Waals surface area contributed by atoms with Gasteiger partial charge >= 0.3 is 0 Å². The van der Waals surface area contributed by atoms with Crippen LogP contribution in [0.4, 0.5) is 4.39 Å². The molecule has 0 amide bonds. The highest BCUT2D eigenvalue weighted by atomic mass is 32.2. The van der Waals surface area contributed by atoms with Gasteiger partial charge in [0.15, 0.2) is 0 Å². The van der Waals surface area contributed by atoms with Crippen LogP contribution in [-0.4, -0.2) is 49.7 Å². The van der Waals surface area contributed by atoms with E-state index in [-0.39, 0.29) is 30.7 Å². The third kappa shape index (κ3) is 3.01. The first-order chi connectivity index (χ1) is 9.34. The van der Waals surface area contributed by atoms with E-state index in [2.05, 4.69) is 0 Å².